The molecule has 0 N–H and O–H groups in total. The number of hydrogen-bond donors (Lipinski definition) is 0. The van der Waals surface area contributed by atoms with Gasteiger partial charge >= 0.3 is 0 Å². The van der Waals surface area contributed by atoms with Gasteiger partial charge in [0, 0.05) is 34.0 Å². The quantitative estimate of drug-likeness (QED) is 0.630. The summed E-state index contributed by atoms with van der Waals surface area (Å²) < 4.78 is 12.9. The summed E-state index contributed by atoms with van der Waals surface area (Å²) in [6, 6.07) is 12.0. The van der Waals surface area contributed by atoms with Crippen molar-refractivity contribution < 1.29 is 9.18 Å². The predicted octanol–water partition coefficient (Wildman–Crippen LogP) is 5.51. The van der Waals surface area contributed by atoms with Crippen molar-refractivity contribution in [3.63, 3.8) is 0 Å². The van der Waals surface area contributed by atoms with Crippen LogP contribution in [0.15, 0.2) is 58.3 Å². The number of halogens is 2. The minimum Gasteiger partial charge on any atom is -0.340 e. The van der Waals surface area contributed by atoms with Crippen LogP contribution in [0.2, 0.25) is 5.02 Å². The van der Waals surface area contributed by atoms with Gasteiger partial charge in [0.25, 0.3) is 0 Å². The minimum atomic E-state index is -0.254. The smallest absolute Gasteiger partial charge is 0.246 e. The third kappa shape index (κ3) is 5.11. The number of carbonyl (C=O) groups excluding carboxylic acids is 1. The molecule has 0 aliphatic carbocycles. The van der Waals surface area contributed by atoms with Crippen LogP contribution in [0.5, 0.6) is 0 Å². The zero-order chi connectivity index (χ0) is 17.5. The molecule has 2 aromatic rings. The van der Waals surface area contributed by atoms with Crippen LogP contribution in [-0.2, 0) is 4.79 Å². The molecule has 0 atom stereocenters. The Morgan fingerprint density at radius 1 is 1.12 bits per heavy atom. The van der Waals surface area contributed by atoms with E-state index in [1.54, 1.807) is 29.2 Å². The van der Waals surface area contributed by atoms with Crippen LogP contribution in [0, 0.1) is 5.82 Å². The Kier molecular flexibility index (Phi) is 6.88. The third-order valence-corrected chi connectivity index (χ3v) is 4.83. The lowest BCUT2D eigenvalue weighted by molar-refractivity contribution is -0.125. The van der Waals surface area contributed by atoms with Gasteiger partial charge in [0.05, 0.1) is 0 Å². The Hall–Kier alpha value is -1.78. The monoisotopic (exact) mass is 363 g/mol. The standard InChI is InChI=1S/C19H19ClFNOS/c1-3-22(4-2)19(23)12-6-14-5-9-17(13-18(14)20)24-16-10-7-15(21)8-11-16/h5-13H,3-4H2,1-2H3. The van der Waals surface area contributed by atoms with E-state index in [1.165, 1.54) is 23.9 Å². The van der Waals surface area contributed by atoms with Crippen molar-refractivity contribution >= 4 is 35.3 Å². The van der Waals surface area contributed by atoms with E-state index in [1.807, 2.05) is 32.0 Å². The molecule has 0 heterocycles. The molecular weight excluding hydrogens is 345 g/mol. The van der Waals surface area contributed by atoms with Crippen LogP contribution in [0.4, 0.5) is 4.39 Å². The van der Waals surface area contributed by atoms with Crippen molar-refractivity contribution in [2.45, 2.75) is 23.6 Å². The van der Waals surface area contributed by atoms with Gasteiger partial charge in [0.1, 0.15) is 5.82 Å². The summed E-state index contributed by atoms with van der Waals surface area (Å²) in [5.41, 5.74) is 0.792. The van der Waals surface area contributed by atoms with Gasteiger partial charge in [0.2, 0.25) is 5.91 Å². The van der Waals surface area contributed by atoms with Crippen molar-refractivity contribution in [3.05, 3.63) is 64.9 Å². The van der Waals surface area contributed by atoms with Gasteiger partial charge in [-0.05, 0) is 61.9 Å². The van der Waals surface area contributed by atoms with Crippen molar-refractivity contribution in [3.8, 4) is 0 Å². The van der Waals surface area contributed by atoms with Crippen molar-refractivity contribution in [1.29, 1.82) is 0 Å². The molecule has 0 unspecified atom stereocenters. The average Bonchev–Trinajstić information content (AvgIpc) is 2.57. The Morgan fingerprint density at radius 3 is 2.33 bits per heavy atom. The number of nitrogens with zero attached hydrogens (tertiary/aromatic N) is 1. The average molecular weight is 364 g/mol. The fourth-order valence-corrected chi connectivity index (χ4v) is 3.31. The maximum atomic E-state index is 12.9. The summed E-state index contributed by atoms with van der Waals surface area (Å²) in [5, 5.41) is 0.575. The summed E-state index contributed by atoms with van der Waals surface area (Å²) in [6.45, 7) is 5.26. The maximum absolute atomic E-state index is 12.9. The molecular formula is C19H19ClFNOS. The first-order chi connectivity index (χ1) is 11.5. The van der Waals surface area contributed by atoms with Crippen molar-refractivity contribution in [1.82, 2.24) is 4.90 Å². The van der Waals surface area contributed by atoms with E-state index in [0.29, 0.717) is 18.1 Å². The summed E-state index contributed by atoms with van der Waals surface area (Å²) in [7, 11) is 0. The maximum Gasteiger partial charge on any atom is 0.246 e. The zero-order valence-corrected chi connectivity index (χ0v) is 15.2. The highest BCUT2D eigenvalue weighted by Gasteiger charge is 2.06. The van der Waals surface area contributed by atoms with Crippen LogP contribution in [-0.4, -0.2) is 23.9 Å². The molecule has 5 heteroatoms. The molecule has 0 radical (unpaired) electrons. The molecule has 0 spiro atoms. The van der Waals surface area contributed by atoms with Gasteiger partial charge in [0.15, 0.2) is 0 Å². The van der Waals surface area contributed by atoms with Crippen LogP contribution < -0.4 is 0 Å². The zero-order valence-electron chi connectivity index (χ0n) is 13.6. The second-order valence-electron chi connectivity index (χ2n) is 5.08. The lowest BCUT2D eigenvalue weighted by Gasteiger charge is -2.15. The van der Waals surface area contributed by atoms with E-state index in [0.717, 1.165) is 15.4 Å². The molecule has 2 aromatic carbocycles. The number of benzene rings is 2. The van der Waals surface area contributed by atoms with Gasteiger partial charge in [-0.1, -0.05) is 29.4 Å². The summed E-state index contributed by atoms with van der Waals surface area (Å²) in [5.74, 6) is -0.281. The molecule has 2 rings (SSSR count). The topological polar surface area (TPSA) is 20.3 Å². The van der Waals surface area contributed by atoms with Gasteiger partial charge in [-0.25, -0.2) is 4.39 Å². The lowest BCUT2D eigenvalue weighted by atomic mass is 10.2. The number of amides is 1. The highest BCUT2D eigenvalue weighted by molar-refractivity contribution is 7.99. The molecule has 1 amide bonds. The Morgan fingerprint density at radius 2 is 1.75 bits per heavy atom. The summed E-state index contributed by atoms with van der Waals surface area (Å²) >= 11 is 7.81. The number of hydrogen-bond acceptors (Lipinski definition) is 2. The van der Waals surface area contributed by atoms with E-state index in [2.05, 4.69) is 0 Å². The largest absolute Gasteiger partial charge is 0.340 e. The molecule has 24 heavy (non-hydrogen) atoms. The van der Waals surface area contributed by atoms with E-state index < -0.39 is 0 Å². The second kappa shape index (κ2) is 8.90. The minimum absolute atomic E-state index is 0.0270. The molecule has 126 valence electrons. The number of likely N-dealkylation sites (N-methyl/N-ethyl adjacent to an activating group) is 1. The van der Waals surface area contributed by atoms with Crippen LogP contribution >= 0.6 is 23.4 Å². The van der Waals surface area contributed by atoms with Crippen molar-refractivity contribution in [2.24, 2.45) is 0 Å². The van der Waals surface area contributed by atoms with E-state index in [9.17, 15) is 9.18 Å². The summed E-state index contributed by atoms with van der Waals surface area (Å²) in [4.78, 5) is 15.6. The van der Waals surface area contributed by atoms with Gasteiger partial charge < -0.3 is 4.90 Å². The fourth-order valence-electron chi connectivity index (χ4n) is 2.15. The molecule has 0 aliphatic heterocycles. The van der Waals surface area contributed by atoms with E-state index in [4.69, 9.17) is 11.6 Å². The van der Waals surface area contributed by atoms with Crippen LogP contribution in [0.1, 0.15) is 19.4 Å². The molecule has 2 nitrogen and oxygen atoms in total. The molecule has 0 aromatic heterocycles. The fraction of sp³-hybridized carbons (Fsp3) is 0.211. The van der Waals surface area contributed by atoms with Crippen molar-refractivity contribution in [2.75, 3.05) is 13.1 Å². The molecule has 0 fully saturated rings. The number of carbonyl (C=O) groups is 1. The first-order valence-electron chi connectivity index (χ1n) is 7.73. The van der Waals surface area contributed by atoms with Crippen LogP contribution in [0.25, 0.3) is 6.08 Å². The summed E-state index contributed by atoms with van der Waals surface area (Å²) in [6.07, 6.45) is 3.27. The molecule has 0 bridgehead atoms. The molecule has 0 aliphatic rings. The third-order valence-electron chi connectivity index (χ3n) is 3.50. The Labute approximate surface area is 151 Å². The normalized spacial score (nSPS) is 11.0. The molecule has 0 saturated heterocycles. The first kappa shape index (κ1) is 18.6. The van der Waals surface area contributed by atoms with Gasteiger partial charge in [-0.15, -0.1) is 0 Å². The van der Waals surface area contributed by atoms with E-state index >= 15 is 0 Å². The van der Waals surface area contributed by atoms with Crippen LogP contribution in [0.3, 0.4) is 0 Å². The highest BCUT2D eigenvalue weighted by atomic mass is 35.5. The highest BCUT2D eigenvalue weighted by Crippen LogP contribution is 2.31. The van der Waals surface area contributed by atoms with Gasteiger partial charge in [-0.2, -0.15) is 0 Å². The predicted molar refractivity (Wildman–Crippen MR) is 98.9 cm³/mol. The second-order valence-corrected chi connectivity index (χ2v) is 6.64. The Bertz CT molecular complexity index is 727. The number of rotatable bonds is 6. The van der Waals surface area contributed by atoms with E-state index in [-0.39, 0.29) is 11.7 Å². The van der Waals surface area contributed by atoms with Gasteiger partial charge in [-0.3, -0.25) is 4.79 Å². The SMILES string of the molecule is CCN(CC)C(=O)C=Cc1ccc(Sc2ccc(F)cc2)cc1Cl. The molecule has 0 saturated carbocycles. The lowest BCUT2D eigenvalue weighted by Crippen LogP contribution is -2.28. The first-order valence-corrected chi connectivity index (χ1v) is 8.93. The Balaban J connectivity index is 2.09.